The number of carbonyl (C=O) groups is 1. The first kappa shape index (κ1) is 16.2. The van der Waals surface area contributed by atoms with Crippen LogP contribution in [0.3, 0.4) is 0 Å². The standard InChI is InChI=1S/C20H17BN4O/c1-13-11-21(12-22)20(26)16-17(13)25-18(14-7-9-23-10-8-14)19(16)24-15-5-3-2-4-6-15/h2-10,13,24-25H,11H2,1H3. The summed E-state index contributed by atoms with van der Waals surface area (Å²) in [7, 11) is 0. The van der Waals surface area contributed by atoms with Gasteiger partial charge in [-0.3, -0.25) is 4.98 Å². The fourth-order valence-electron chi connectivity index (χ4n) is 3.53. The molecule has 1 atom stereocenters. The summed E-state index contributed by atoms with van der Waals surface area (Å²) in [6.45, 7) is 1.45. The van der Waals surface area contributed by atoms with Gasteiger partial charge in [-0.1, -0.05) is 25.1 Å². The molecule has 0 bridgehead atoms. The first-order valence-electron chi connectivity index (χ1n) is 8.61. The number of hydrogen-bond acceptors (Lipinski definition) is 4. The Balaban J connectivity index is 1.92. The van der Waals surface area contributed by atoms with Crippen molar-refractivity contribution in [3.05, 3.63) is 66.1 Å². The van der Waals surface area contributed by atoms with Crippen LogP contribution in [0, 0.1) is 11.2 Å². The second-order valence-corrected chi connectivity index (χ2v) is 6.57. The summed E-state index contributed by atoms with van der Waals surface area (Å²) >= 11 is 0. The number of benzene rings is 1. The van der Waals surface area contributed by atoms with Gasteiger partial charge in [-0.15, -0.1) is 0 Å². The van der Waals surface area contributed by atoms with E-state index in [1.54, 1.807) is 12.4 Å². The second kappa shape index (κ2) is 6.53. The monoisotopic (exact) mass is 340 g/mol. The van der Waals surface area contributed by atoms with Crippen molar-refractivity contribution in [2.45, 2.75) is 19.2 Å². The lowest BCUT2D eigenvalue weighted by Gasteiger charge is -2.20. The van der Waals surface area contributed by atoms with Crippen molar-refractivity contribution in [1.82, 2.24) is 9.97 Å². The normalized spacial score (nSPS) is 16.1. The van der Waals surface area contributed by atoms with Crippen molar-refractivity contribution in [2.75, 3.05) is 5.32 Å². The van der Waals surface area contributed by atoms with Gasteiger partial charge in [0.2, 0.25) is 0 Å². The van der Waals surface area contributed by atoms with E-state index in [2.05, 4.69) is 28.2 Å². The maximum atomic E-state index is 13.0. The molecule has 5 nitrogen and oxygen atoms in total. The Bertz CT molecular complexity index is 992. The second-order valence-electron chi connectivity index (χ2n) is 6.57. The van der Waals surface area contributed by atoms with Crippen molar-refractivity contribution in [3.8, 4) is 17.2 Å². The minimum absolute atomic E-state index is 0.110. The molecule has 0 aliphatic carbocycles. The number of aromatic nitrogens is 2. The largest absolute Gasteiger partial charge is 0.356 e. The van der Waals surface area contributed by atoms with Gasteiger partial charge >= 0.3 is 6.71 Å². The maximum absolute atomic E-state index is 13.0. The van der Waals surface area contributed by atoms with Gasteiger partial charge in [0.1, 0.15) is 5.68 Å². The number of para-hydroxylation sites is 1. The molecule has 1 aliphatic rings. The number of nitrogens with one attached hydrogen (secondary N) is 2. The summed E-state index contributed by atoms with van der Waals surface area (Å²) in [5, 5.41) is 12.8. The first-order valence-corrected chi connectivity index (χ1v) is 8.61. The molecule has 126 valence electrons. The van der Waals surface area contributed by atoms with Crippen LogP contribution in [0.4, 0.5) is 11.4 Å². The zero-order valence-electron chi connectivity index (χ0n) is 14.4. The molecular formula is C20H17BN4O. The van der Waals surface area contributed by atoms with E-state index < -0.39 is 6.71 Å². The summed E-state index contributed by atoms with van der Waals surface area (Å²) in [4.78, 5) is 20.5. The third-order valence-corrected chi connectivity index (χ3v) is 4.84. The van der Waals surface area contributed by atoms with Crippen LogP contribution in [-0.2, 0) is 0 Å². The molecule has 0 saturated heterocycles. The van der Waals surface area contributed by atoms with E-state index in [4.69, 9.17) is 0 Å². The Kier molecular flexibility index (Phi) is 4.06. The number of nitrogens with zero attached hydrogens (tertiary/aromatic N) is 2. The summed E-state index contributed by atoms with van der Waals surface area (Å²) in [6.07, 6.45) is 4.00. The quantitative estimate of drug-likeness (QED) is 0.700. The van der Waals surface area contributed by atoms with Crippen LogP contribution in [0.25, 0.3) is 11.3 Å². The van der Waals surface area contributed by atoms with Crippen LogP contribution in [0.15, 0.2) is 54.9 Å². The van der Waals surface area contributed by atoms with Gasteiger partial charge in [0.25, 0.3) is 0 Å². The first-order chi connectivity index (χ1) is 12.7. The lowest BCUT2D eigenvalue weighted by Crippen LogP contribution is -2.32. The van der Waals surface area contributed by atoms with Gasteiger partial charge in [-0.05, 0) is 36.5 Å². The van der Waals surface area contributed by atoms with Crippen molar-refractivity contribution in [3.63, 3.8) is 0 Å². The lowest BCUT2D eigenvalue weighted by atomic mass is 9.40. The van der Waals surface area contributed by atoms with Crippen LogP contribution in [-0.4, -0.2) is 22.4 Å². The third kappa shape index (κ3) is 2.68. The van der Waals surface area contributed by atoms with Gasteiger partial charge in [0, 0.05) is 35.3 Å². The SMILES string of the molecule is CC1CB(C#N)C(=O)c2c1[nH]c(-c1ccncc1)c2Nc1ccccc1. The van der Waals surface area contributed by atoms with Crippen LogP contribution in [0.1, 0.15) is 28.9 Å². The summed E-state index contributed by atoms with van der Waals surface area (Å²) in [5.74, 6) is 2.27. The zero-order chi connectivity index (χ0) is 18.1. The number of fused-ring (bicyclic) bond motifs is 1. The minimum Gasteiger partial charge on any atom is -0.356 e. The number of hydrogen-bond donors (Lipinski definition) is 2. The van der Waals surface area contributed by atoms with Crippen molar-refractivity contribution in [2.24, 2.45) is 0 Å². The Labute approximate surface area is 152 Å². The number of carbonyl (C=O) groups excluding carboxylic acids is 1. The number of aromatic amines is 1. The van der Waals surface area contributed by atoms with Gasteiger partial charge in [0.15, 0.2) is 0 Å². The predicted molar refractivity (Wildman–Crippen MR) is 103 cm³/mol. The summed E-state index contributed by atoms with van der Waals surface area (Å²) < 4.78 is 0. The molecule has 6 heteroatoms. The molecule has 0 spiro atoms. The highest BCUT2D eigenvalue weighted by molar-refractivity contribution is 6.98. The topological polar surface area (TPSA) is 81.6 Å². The van der Waals surface area contributed by atoms with Crippen LogP contribution in [0.2, 0.25) is 6.32 Å². The van der Waals surface area contributed by atoms with E-state index >= 15 is 0 Å². The highest BCUT2D eigenvalue weighted by atomic mass is 16.1. The zero-order valence-corrected chi connectivity index (χ0v) is 14.4. The molecule has 1 aromatic carbocycles. The van der Waals surface area contributed by atoms with E-state index in [9.17, 15) is 10.1 Å². The summed E-state index contributed by atoms with van der Waals surface area (Å²) in [5.41, 5.74) is 4.80. The van der Waals surface area contributed by atoms with Crippen molar-refractivity contribution < 1.29 is 4.79 Å². The van der Waals surface area contributed by atoms with E-state index in [-0.39, 0.29) is 11.6 Å². The molecule has 1 aliphatic heterocycles. The molecule has 3 aromatic rings. The maximum Gasteiger partial charge on any atom is 0.351 e. The number of H-pyrrole nitrogens is 1. The highest BCUT2D eigenvalue weighted by Crippen LogP contribution is 2.42. The smallest absolute Gasteiger partial charge is 0.351 e. The van der Waals surface area contributed by atoms with Gasteiger partial charge in [0.05, 0.1) is 16.9 Å². The van der Waals surface area contributed by atoms with Crippen LogP contribution >= 0.6 is 0 Å². The molecule has 0 saturated carbocycles. The van der Waals surface area contributed by atoms with Crippen LogP contribution in [0.5, 0.6) is 0 Å². The fraction of sp³-hybridized carbons (Fsp3) is 0.150. The van der Waals surface area contributed by atoms with E-state index in [0.717, 1.165) is 28.3 Å². The van der Waals surface area contributed by atoms with Gasteiger partial charge in [-0.2, -0.15) is 0 Å². The molecule has 4 rings (SSSR count). The van der Waals surface area contributed by atoms with E-state index in [1.807, 2.05) is 42.5 Å². The summed E-state index contributed by atoms with van der Waals surface area (Å²) in [6, 6.07) is 13.5. The molecule has 26 heavy (non-hydrogen) atoms. The molecule has 1 unspecified atom stereocenters. The Morgan fingerprint density at radius 3 is 2.65 bits per heavy atom. The molecular weight excluding hydrogens is 323 g/mol. The van der Waals surface area contributed by atoms with Gasteiger partial charge < -0.3 is 15.1 Å². The fourth-order valence-corrected chi connectivity index (χ4v) is 3.53. The number of pyridine rings is 1. The van der Waals surface area contributed by atoms with Gasteiger partial charge in [-0.25, -0.2) is 5.26 Å². The Morgan fingerprint density at radius 1 is 1.23 bits per heavy atom. The molecule has 2 aromatic heterocycles. The number of nitriles is 1. The Morgan fingerprint density at radius 2 is 1.96 bits per heavy atom. The average Bonchev–Trinajstić information content (AvgIpc) is 3.06. The molecule has 2 N–H and O–H groups in total. The minimum atomic E-state index is -0.602. The third-order valence-electron chi connectivity index (χ3n) is 4.84. The number of anilines is 2. The molecule has 0 fully saturated rings. The molecule has 0 amide bonds. The van der Waals surface area contributed by atoms with Crippen molar-refractivity contribution >= 4 is 23.8 Å². The lowest BCUT2D eigenvalue weighted by molar-refractivity contribution is 0.107. The molecule has 3 heterocycles. The Hall–Kier alpha value is -3.33. The highest BCUT2D eigenvalue weighted by Gasteiger charge is 2.39. The predicted octanol–water partition coefficient (Wildman–Crippen LogP) is 4.22. The van der Waals surface area contributed by atoms with E-state index in [1.165, 1.54) is 0 Å². The van der Waals surface area contributed by atoms with E-state index in [0.29, 0.717) is 11.9 Å². The average molecular weight is 340 g/mol. The molecule has 0 radical (unpaired) electrons. The van der Waals surface area contributed by atoms with Crippen LogP contribution < -0.4 is 5.32 Å². The van der Waals surface area contributed by atoms with Crippen molar-refractivity contribution in [1.29, 1.82) is 5.26 Å². The number of rotatable bonds is 3.